The van der Waals surface area contributed by atoms with Crippen molar-refractivity contribution in [3.05, 3.63) is 56.0 Å². The molecule has 9 heteroatoms. The fourth-order valence-electron chi connectivity index (χ4n) is 3.63. The van der Waals surface area contributed by atoms with Gasteiger partial charge in [-0.25, -0.2) is 5.43 Å². The van der Waals surface area contributed by atoms with Gasteiger partial charge in [-0.3, -0.25) is 9.59 Å². The van der Waals surface area contributed by atoms with Crippen molar-refractivity contribution < 1.29 is 19.4 Å². The van der Waals surface area contributed by atoms with E-state index in [1.165, 1.54) is 0 Å². The molecule has 1 aliphatic heterocycles. The zero-order chi connectivity index (χ0) is 23.6. The average Bonchev–Trinajstić information content (AvgIpc) is 2.97. The molecule has 170 valence electrons. The predicted molar refractivity (Wildman–Crippen MR) is 131 cm³/mol. The second-order valence-corrected chi connectivity index (χ2v) is 9.74. The molecule has 1 unspecified atom stereocenters. The molecule has 0 spiro atoms. The Morgan fingerprint density at radius 3 is 2.69 bits per heavy atom. The van der Waals surface area contributed by atoms with Gasteiger partial charge < -0.3 is 15.2 Å². The lowest BCUT2D eigenvalue weighted by atomic mass is 9.90. The van der Waals surface area contributed by atoms with Gasteiger partial charge in [-0.15, -0.1) is 0 Å². The van der Waals surface area contributed by atoms with E-state index in [1.807, 2.05) is 26.8 Å². The summed E-state index contributed by atoms with van der Waals surface area (Å²) in [6.45, 7) is 7.44. The first-order chi connectivity index (χ1) is 15.0. The number of aliphatic hydroxyl groups is 1. The molecule has 2 amide bonds. The first-order valence-electron chi connectivity index (χ1n) is 10.1. The number of hydrazone groups is 1. The molecule has 32 heavy (non-hydrogen) atoms. The Kier molecular flexibility index (Phi) is 7.42. The maximum Gasteiger partial charge on any atom is 0.277 e. The Morgan fingerprint density at radius 1 is 1.31 bits per heavy atom. The number of fused-ring (bicyclic) bond motifs is 1. The van der Waals surface area contributed by atoms with E-state index < -0.39 is 17.4 Å². The number of halogens is 2. The van der Waals surface area contributed by atoms with Gasteiger partial charge in [-0.05, 0) is 53.4 Å². The lowest BCUT2D eigenvalue weighted by Crippen LogP contribution is -2.36. The monoisotopic (exact) mass is 565 g/mol. The summed E-state index contributed by atoms with van der Waals surface area (Å²) >= 11 is 7.12. The first-order valence-corrected chi connectivity index (χ1v) is 11.7. The summed E-state index contributed by atoms with van der Waals surface area (Å²) < 4.78 is 7.54. The summed E-state index contributed by atoms with van der Waals surface area (Å²) in [4.78, 5) is 24.7. The lowest BCUT2D eigenvalue weighted by Gasteiger charge is -2.20. The van der Waals surface area contributed by atoms with Gasteiger partial charge in [0, 0.05) is 33.4 Å². The molecular weight excluding hydrogens is 542 g/mol. The summed E-state index contributed by atoms with van der Waals surface area (Å²) in [7, 11) is 0. The fraction of sp³-hybridized carbons (Fsp3) is 0.348. The van der Waals surface area contributed by atoms with Crippen molar-refractivity contribution in [1.82, 2.24) is 5.43 Å². The molecule has 7 nitrogen and oxygen atoms in total. The Hall–Kier alpha value is -2.23. The number of para-hydroxylation sites is 1. The van der Waals surface area contributed by atoms with Gasteiger partial charge in [-0.1, -0.05) is 48.0 Å². The largest absolute Gasteiger partial charge is 0.482 e. The second-order valence-electron chi connectivity index (χ2n) is 8.09. The van der Waals surface area contributed by atoms with E-state index >= 15 is 0 Å². The molecule has 0 saturated carbocycles. The normalized spacial score (nSPS) is 17.9. The number of carbonyl (C=O) groups excluding carboxylic acids is 2. The van der Waals surface area contributed by atoms with Gasteiger partial charge in [0.05, 0.1) is 4.47 Å². The van der Waals surface area contributed by atoms with Crippen LogP contribution in [-0.4, -0.2) is 29.2 Å². The van der Waals surface area contributed by atoms with E-state index in [9.17, 15) is 14.7 Å². The van der Waals surface area contributed by atoms with Gasteiger partial charge in [0.2, 0.25) is 0 Å². The minimum atomic E-state index is -1.73. The summed E-state index contributed by atoms with van der Waals surface area (Å²) in [5.74, 6) is -0.178. The van der Waals surface area contributed by atoms with Crippen molar-refractivity contribution in [1.29, 1.82) is 0 Å². The number of carbonyl (C=O) groups is 2. The van der Waals surface area contributed by atoms with E-state index in [0.29, 0.717) is 22.7 Å². The lowest BCUT2D eigenvalue weighted by molar-refractivity contribution is -0.132. The Morgan fingerprint density at radius 2 is 2.00 bits per heavy atom. The standard InChI is InChI=1S/C23H25Br2N3O4/c1-12(2)19-16(24)9-13(3)20(25)21(19)32-11-18(29)28-27-14(4)10-23(31)15-7-5-6-8-17(15)26-22(23)30/h5-9,12,31H,10-11H2,1-4H3,(H,26,30)(H,28,29)/b27-14+. The van der Waals surface area contributed by atoms with Crippen molar-refractivity contribution in [2.75, 3.05) is 11.9 Å². The van der Waals surface area contributed by atoms with Crippen LogP contribution in [0.2, 0.25) is 0 Å². The van der Waals surface area contributed by atoms with Crippen LogP contribution in [0.5, 0.6) is 5.75 Å². The highest BCUT2D eigenvalue weighted by atomic mass is 79.9. The first kappa shape index (κ1) is 24.4. The summed E-state index contributed by atoms with van der Waals surface area (Å²) in [6.07, 6.45) is -0.0507. The van der Waals surface area contributed by atoms with Crippen molar-refractivity contribution in [3.63, 3.8) is 0 Å². The maximum absolute atomic E-state index is 12.4. The molecule has 0 aliphatic carbocycles. The van der Waals surface area contributed by atoms with E-state index in [-0.39, 0.29) is 18.9 Å². The van der Waals surface area contributed by atoms with E-state index in [1.54, 1.807) is 31.2 Å². The van der Waals surface area contributed by atoms with Crippen LogP contribution in [0, 0.1) is 6.92 Å². The Bertz CT molecular complexity index is 1100. The molecule has 0 fully saturated rings. The molecule has 0 saturated heterocycles. The highest BCUT2D eigenvalue weighted by Crippen LogP contribution is 2.41. The van der Waals surface area contributed by atoms with Crippen molar-refractivity contribution >= 4 is 55.1 Å². The Labute approximate surface area is 203 Å². The minimum Gasteiger partial charge on any atom is -0.482 e. The van der Waals surface area contributed by atoms with Crippen LogP contribution in [0.3, 0.4) is 0 Å². The van der Waals surface area contributed by atoms with Crippen LogP contribution in [0.25, 0.3) is 0 Å². The van der Waals surface area contributed by atoms with E-state index in [4.69, 9.17) is 4.74 Å². The molecule has 0 radical (unpaired) electrons. The van der Waals surface area contributed by atoms with Gasteiger partial charge in [-0.2, -0.15) is 5.10 Å². The number of aryl methyl sites for hydroxylation is 1. The summed E-state index contributed by atoms with van der Waals surface area (Å²) in [5, 5.41) is 17.6. The third-order valence-electron chi connectivity index (χ3n) is 5.20. The molecule has 0 bridgehead atoms. The number of nitrogens with zero attached hydrogens (tertiary/aromatic N) is 1. The highest BCUT2D eigenvalue weighted by Gasteiger charge is 2.45. The number of benzene rings is 2. The van der Waals surface area contributed by atoms with Crippen LogP contribution in [0.4, 0.5) is 5.69 Å². The number of ether oxygens (including phenoxy) is 1. The van der Waals surface area contributed by atoms with Crippen LogP contribution in [0.1, 0.15) is 49.8 Å². The maximum atomic E-state index is 12.4. The molecule has 1 atom stereocenters. The molecule has 3 N–H and O–H groups in total. The average molecular weight is 567 g/mol. The van der Waals surface area contributed by atoms with E-state index in [0.717, 1.165) is 20.1 Å². The molecule has 0 aromatic heterocycles. The quantitative estimate of drug-likeness (QED) is 0.333. The Balaban J connectivity index is 1.66. The van der Waals surface area contributed by atoms with Gasteiger partial charge in [0.1, 0.15) is 5.75 Å². The number of hydrogen-bond donors (Lipinski definition) is 3. The minimum absolute atomic E-state index is 0.0507. The molecule has 2 aromatic carbocycles. The zero-order valence-electron chi connectivity index (χ0n) is 18.3. The van der Waals surface area contributed by atoms with Gasteiger partial charge in [0.25, 0.3) is 11.8 Å². The van der Waals surface area contributed by atoms with Crippen LogP contribution in [-0.2, 0) is 15.2 Å². The number of anilines is 1. The smallest absolute Gasteiger partial charge is 0.277 e. The van der Waals surface area contributed by atoms with Crippen molar-refractivity contribution in [3.8, 4) is 5.75 Å². The topological polar surface area (TPSA) is 100 Å². The fourth-order valence-corrected chi connectivity index (χ4v) is 5.05. The zero-order valence-corrected chi connectivity index (χ0v) is 21.4. The van der Waals surface area contributed by atoms with Crippen LogP contribution < -0.4 is 15.5 Å². The molecule has 1 aliphatic rings. The van der Waals surface area contributed by atoms with Crippen molar-refractivity contribution in [2.45, 2.75) is 45.6 Å². The summed E-state index contributed by atoms with van der Waals surface area (Å²) in [5.41, 5.74) is 4.11. The third-order valence-corrected chi connectivity index (χ3v) is 6.84. The number of hydrogen-bond acceptors (Lipinski definition) is 5. The number of rotatable bonds is 7. The van der Waals surface area contributed by atoms with Gasteiger partial charge in [0.15, 0.2) is 12.2 Å². The molecule has 2 aromatic rings. The third kappa shape index (κ3) is 4.89. The predicted octanol–water partition coefficient (Wildman–Crippen LogP) is 4.74. The second kappa shape index (κ2) is 9.72. The summed E-state index contributed by atoms with van der Waals surface area (Å²) in [6, 6.07) is 8.95. The number of nitrogens with one attached hydrogen (secondary N) is 2. The van der Waals surface area contributed by atoms with Crippen molar-refractivity contribution in [2.24, 2.45) is 5.10 Å². The molecule has 3 rings (SSSR count). The molecular formula is C23H25Br2N3O4. The number of amides is 2. The van der Waals surface area contributed by atoms with E-state index in [2.05, 4.69) is 47.7 Å². The van der Waals surface area contributed by atoms with Crippen LogP contribution >= 0.6 is 31.9 Å². The SMILES string of the molecule is C/C(CC1(O)C(=O)Nc2ccccc21)=N\NC(=O)COc1c(Br)c(C)cc(Br)c1C(C)C. The molecule has 1 heterocycles. The highest BCUT2D eigenvalue weighted by molar-refractivity contribution is 9.11. The van der Waals surface area contributed by atoms with Gasteiger partial charge >= 0.3 is 0 Å². The van der Waals surface area contributed by atoms with Crippen LogP contribution in [0.15, 0.2) is 44.4 Å².